The minimum atomic E-state index is 0.496. The Hall–Kier alpha value is -1.46. The summed E-state index contributed by atoms with van der Waals surface area (Å²) in [5, 5.41) is 4.39. The topological polar surface area (TPSA) is 62.8 Å². The highest BCUT2D eigenvalue weighted by Crippen LogP contribution is 2.31. The van der Waals surface area contributed by atoms with E-state index in [1.807, 2.05) is 13.2 Å². The number of aromatic amines is 1. The van der Waals surface area contributed by atoms with Crippen molar-refractivity contribution in [2.75, 3.05) is 20.3 Å². The van der Waals surface area contributed by atoms with Crippen molar-refractivity contribution in [2.24, 2.45) is 0 Å². The molecule has 96 valence electrons. The first kappa shape index (κ1) is 11.6. The molecule has 5 nitrogen and oxygen atoms in total. The first-order chi connectivity index (χ1) is 8.90. The summed E-state index contributed by atoms with van der Waals surface area (Å²) < 4.78 is 5.43. The van der Waals surface area contributed by atoms with E-state index in [0.717, 1.165) is 38.2 Å². The summed E-state index contributed by atoms with van der Waals surface area (Å²) in [4.78, 5) is 12.1. The number of hydrogen-bond acceptors (Lipinski definition) is 4. The standard InChI is InChI=1S/C13H18N4O/c1-14-6-10-7-15-13-11(10)12(16-8-17-13)9-2-4-18-5-3-9/h7-9,14H,2-6H2,1H3,(H,15,16,17). The molecule has 0 bridgehead atoms. The van der Waals surface area contributed by atoms with Gasteiger partial charge >= 0.3 is 0 Å². The molecule has 1 fully saturated rings. The number of hydrogen-bond donors (Lipinski definition) is 2. The number of nitrogens with zero attached hydrogens (tertiary/aromatic N) is 2. The normalized spacial score (nSPS) is 17.4. The SMILES string of the molecule is CNCc1c[nH]c2ncnc(C3CCOCC3)c12. The molecule has 0 aliphatic carbocycles. The molecule has 1 saturated heterocycles. The Labute approximate surface area is 106 Å². The number of fused-ring (bicyclic) bond motifs is 1. The maximum atomic E-state index is 5.43. The monoisotopic (exact) mass is 246 g/mol. The minimum absolute atomic E-state index is 0.496. The summed E-state index contributed by atoms with van der Waals surface area (Å²) >= 11 is 0. The molecule has 1 aliphatic heterocycles. The van der Waals surface area contributed by atoms with Gasteiger partial charge in [-0.2, -0.15) is 0 Å². The lowest BCUT2D eigenvalue weighted by molar-refractivity contribution is 0.0848. The van der Waals surface area contributed by atoms with E-state index in [9.17, 15) is 0 Å². The van der Waals surface area contributed by atoms with Crippen LogP contribution in [0.4, 0.5) is 0 Å². The summed E-state index contributed by atoms with van der Waals surface area (Å²) in [6.07, 6.45) is 5.79. The van der Waals surface area contributed by atoms with E-state index >= 15 is 0 Å². The van der Waals surface area contributed by atoms with Crippen molar-refractivity contribution in [1.29, 1.82) is 0 Å². The lowest BCUT2D eigenvalue weighted by Crippen LogP contribution is -2.16. The summed E-state index contributed by atoms with van der Waals surface area (Å²) in [7, 11) is 1.96. The zero-order chi connectivity index (χ0) is 12.4. The summed E-state index contributed by atoms with van der Waals surface area (Å²) in [5.41, 5.74) is 3.36. The van der Waals surface area contributed by atoms with Crippen LogP contribution in [0, 0.1) is 0 Å². The lowest BCUT2D eigenvalue weighted by atomic mass is 9.93. The Morgan fingerprint density at radius 3 is 3.00 bits per heavy atom. The van der Waals surface area contributed by atoms with Crippen molar-refractivity contribution < 1.29 is 4.74 Å². The molecule has 1 aliphatic rings. The van der Waals surface area contributed by atoms with E-state index in [0.29, 0.717) is 5.92 Å². The highest BCUT2D eigenvalue weighted by atomic mass is 16.5. The highest BCUT2D eigenvalue weighted by Gasteiger charge is 2.21. The third-order valence-electron chi connectivity index (χ3n) is 3.56. The van der Waals surface area contributed by atoms with Gasteiger partial charge in [-0.15, -0.1) is 0 Å². The van der Waals surface area contributed by atoms with Crippen LogP contribution in [-0.2, 0) is 11.3 Å². The largest absolute Gasteiger partial charge is 0.381 e. The zero-order valence-electron chi connectivity index (χ0n) is 10.6. The molecular weight excluding hydrogens is 228 g/mol. The van der Waals surface area contributed by atoms with Gasteiger partial charge in [0.15, 0.2) is 0 Å². The third kappa shape index (κ3) is 2.00. The van der Waals surface area contributed by atoms with E-state index in [2.05, 4.69) is 20.3 Å². The van der Waals surface area contributed by atoms with Crippen LogP contribution in [0.1, 0.15) is 30.0 Å². The second kappa shape index (κ2) is 5.04. The molecule has 0 atom stereocenters. The average Bonchev–Trinajstić information content (AvgIpc) is 2.84. The van der Waals surface area contributed by atoms with Crippen molar-refractivity contribution in [1.82, 2.24) is 20.3 Å². The molecule has 2 N–H and O–H groups in total. The van der Waals surface area contributed by atoms with Gasteiger partial charge in [0, 0.05) is 37.3 Å². The molecule has 0 unspecified atom stereocenters. The predicted molar refractivity (Wildman–Crippen MR) is 69.4 cm³/mol. The van der Waals surface area contributed by atoms with Gasteiger partial charge in [-0.05, 0) is 25.5 Å². The molecular formula is C13H18N4O. The fourth-order valence-corrected chi connectivity index (χ4v) is 2.66. The van der Waals surface area contributed by atoms with Crippen LogP contribution in [0.3, 0.4) is 0 Å². The van der Waals surface area contributed by atoms with Gasteiger partial charge in [0.25, 0.3) is 0 Å². The van der Waals surface area contributed by atoms with Gasteiger partial charge in [0.2, 0.25) is 0 Å². The van der Waals surface area contributed by atoms with Crippen LogP contribution >= 0.6 is 0 Å². The van der Waals surface area contributed by atoms with Crippen LogP contribution in [0.15, 0.2) is 12.5 Å². The smallest absolute Gasteiger partial charge is 0.141 e. The Bertz CT molecular complexity index is 531. The second-order valence-corrected chi connectivity index (χ2v) is 4.71. The minimum Gasteiger partial charge on any atom is -0.381 e. The number of H-pyrrole nitrogens is 1. The molecule has 3 rings (SSSR count). The van der Waals surface area contributed by atoms with Crippen LogP contribution in [0.25, 0.3) is 11.0 Å². The summed E-state index contributed by atoms with van der Waals surface area (Å²) in [6, 6.07) is 0. The van der Waals surface area contributed by atoms with Gasteiger partial charge in [-0.1, -0.05) is 0 Å². The Morgan fingerprint density at radius 1 is 1.39 bits per heavy atom. The van der Waals surface area contributed by atoms with E-state index < -0.39 is 0 Å². The van der Waals surface area contributed by atoms with E-state index in [-0.39, 0.29) is 0 Å². The summed E-state index contributed by atoms with van der Waals surface area (Å²) in [6.45, 7) is 2.51. The maximum absolute atomic E-state index is 5.43. The number of aromatic nitrogens is 3. The van der Waals surface area contributed by atoms with Crippen molar-refractivity contribution in [3.05, 3.63) is 23.8 Å². The number of ether oxygens (including phenoxy) is 1. The quantitative estimate of drug-likeness (QED) is 0.863. The first-order valence-electron chi connectivity index (χ1n) is 6.43. The maximum Gasteiger partial charge on any atom is 0.141 e. The van der Waals surface area contributed by atoms with E-state index in [1.165, 1.54) is 16.6 Å². The third-order valence-corrected chi connectivity index (χ3v) is 3.56. The van der Waals surface area contributed by atoms with Crippen molar-refractivity contribution in [3.63, 3.8) is 0 Å². The Kier molecular flexibility index (Phi) is 3.25. The molecule has 2 aromatic rings. The fourth-order valence-electron chi connectivity index (χ4n) is 2.66. The molecule has 2 aromatic heterocycles. The predicted octanol–water partition coefficient (Wildman–Crippen LogP) is 1.57. The highest BCUT2D eigenvalue weighted by molar-refractivity contribution is 5.82. The first-order valence-corrected chi connectivity index (χ1v) is 6.43. The second-order valence-electron chi connectivity index (χ2n) is 4.71. The Balaban J connectivity index is 2.06. The zero-order valence-corrected chi connectivity index (χ0v) is 10.6. The van der Waals surface area contributed by atoms with Crippen molar-refractivity contribution >= 4 is 11.0 Å². The molecule has 5 heteroatoms. The molecule has 0 radical (unpaired) electrons. The molecule has 18 heavy (non-hydrogen) atoms. The van der Waals surface area contributed by atoms with E-state index in [1.54, 1.807) is 6.33 Å². The van der Waals surface area contributed by atoms with Crippen LogP contribution < -0.4 is 5.32 Å². The average molecular weight is 246 g/mol. The van der Waals surface area contributed by atoms with Gasteiger partial charge in [-0.3, -0.25) is 0 Å². The number of rotatable bonds is 3. The fraction of sp³-hybridized carbons (Fsp3) is 0.538. The Morgan fingerprint density at radius 2 is 2.22 bits per heavy atom. The van der Waals surface area contributed by atoms with Gasteiger partial charge in [0.1, 0.15) is 12.0 Å². The van der Waals surface area contributed by atoms with Gasteiger partial charge in [-0.25, -0.2) is 9.97 Å². The van der Waals surface area contributed by atoms with Crippen molar-refractivity contribution in [2.45, 2.75) is 25.3 Å². The van der Waals surface area contributed by atoms with Gasteiger partial charge < -0.3 is 15.0 Å². The van der Waals surface area contributed by atoms with E-state index in [4.69, 9.17) is 4.74 Å². The van der Waals surface area contributed by atoms with Crippen LogP contribution in [0.5, 0.6) is 0 Å². The van der Waals surface area contributed by atoms with Crippen LogP contribution in [-0.4, -0.2) is 35.2 Å². The lowest BCUT2D eigenvalue weighted by Gasteiger charge is -2.22. The van der Waals surface area contributed by atoms with Crippen LogP contribution in [0.2, 0.25) is 0 Å². The molecule has 0 aromatic carbocycles. The number of nitrogens with one attached hydrogen (secondary N) is 2. The summed E-state index contributed by atoms with van der Waals surface area (Å²) in [5.74, 6) is 0.496. The molecule has 0 amide bonds. The molecule has 0 spiro atoms. The molecule has 3 heterocycles. The van der Waals surface area contributed by atoms with Gasteiger partial charge in [0.05, 0.1) is 5.69 Å². The molecule has 0 saturated carbocycles. The van der Waals surface area contributed by atoms with Crippen molar-refractivity contribution in [3.8, 4) is 0 Å².